The van der Waals surface area contributed by atoms with E-state index in [-0.39, 0.29) is 6.04 Å². The van der Waals surface area contributed by atoms with E-state index in [0.29, 0.717) is 12.2 Å². The van der Waals surface area contributed by atoms with E-state index < -0.39 is 10.2 Å². The third-order valence-corrected chi connectivity index (χ3v) is 7.20. The third kappa shape index (κ3) is 3.83. The molecule has 1 heterocycles. The van der Waals surface area contributed by atoms with E-state index in [0.717, 1.165) is 27.3 Å². The fraction of sp³-hybridized carbons (Fsp3) is 0.500. The van der Waals surface area contributed by atoms with Crippen LogP contribution in [0.25, 0.3) is 0 Å². The summed E-state index contributed by atoms with van der Waals surface area (Å²) in [6.07, 6.45) is 2.96. The summed E-state index contributed by atoms with van der Waals surface area (Å²) < 4.78 is 30.9. The Labute approximate surface area is 136 Å². The molecule has 1 aromatic rings. The lowest BCUT2D eigenvalue weighted by Crippen LogP contribution is -2.44. The lowest BCUT2D eigenvalue weighted by molar-refractivity contribution is 0.270. The largest absolute Gasteiger partial charge is 0.301 e. The number of benzene rings is 1. The summed E-state index contributed by atoms with van der Waals surface area (Å²) in [7, 11) is -3.45. The highest BCUT2D eigenvalue weighted by Crippen LogP contribution is 2.25. The summed E-state index contributed by atoms with van der Waals surface area (Å²) in [5.74, 6) is 0. The van der Waals surface area contributed by atoms with E-state index in [1.807, 2.05) is 19.1 Å². The highest BCUT2D eigenvalue weighted by atomic mass is 127. The van der Waals surface area contributed by atoms with Crippen LogP contribution in [0.1, 0.15) is 26.2 Å². The van der Waals surface area contributed by atoms with Crippen molar-refractivity contribution < 1.29 is 8.42 Å². The van der Waals surface area contributed by atoms with Gasteiger partial charge < -0.3 is 0 Å². The van der Waals surface area contributed by atoms with Gasteiger partial charge in [0.2, 0.25) is 0 Å². The van der Waals surface area contributed by atoms with Gasteiger partial charge in [-0.3, -0.25) is 4.72 Å². The molecular formula is C12H16BrIN2O2S. The number of rotatable bonds is 3. The molecular weight excluding hydrogens is 443 g/mol. The molecule has 1 N–H and O–H groups in total. The average molecular weight is 459 g/mol. The first kappa shape index (κ1) is 15.5. The zero-order valence-corrected chi connectivity index (χ0v) is 15.1. The second kappa shape index (κ2) is 6.28. The van der Waals surface area contributed by atoms with Gasteiger partial charge in [0, 0.05) is 20.6 Å². The third-order valence-electron chi connectivity index (χ3n) is 3.22. The van der Waals surface area contributed by atoms with Gasteiger partial charge in [-0.1, -0.05) is 6.42 Å². The molecule has 0 amide bonds. The van der Waals surface area contributed by atoms with Crippen LogP contribution in [-0.4, -0.2) is 25.3 Å². The molecule has 0 spiro atoms. The molecule has 1 aliphatic heterocycles. The van der Waals surface area contributed by atoms with Crippen molar-refractivity contribution in [3.63, 3.8) is 0 Å². The minimum atomic E-state index is -3.45. The van der Waals surface area contributed by atoms with Crippen molar-refractivity contribution in [1.29, 1.82) is 0 Å². The first-order valence-corrected chi connectivity index (χ1v) is 9.46. The molecule has 1 fully saturated rings. The maximum absolute atomic E-state index is 12.4. The van der Waals surface area contributed by atoms with Crippen molar-refractivity contribution in [2.24, 2.45) is 0 Å². The smallest absolute Gasteiger partial charge is 0.271 e. The summed E-state index contributed by atoms with van der Waals surface area (Å²) in [5.41, 5.74) is 0.602. The Morgan fingerprint density at radius 1 is 1.42 bits per heavy atom. The number of nitrogens with zero attached hydrogens (tertiary/aromatic N) is 1. The van der Waals surface area contributed by atoms with Gasteiger partial charge in [0.05, 0.1) is 5.69 Å². The number of hydrogen-bond donors (Lipinski definition) is 1. The monoisotopic (exact) mass is 458 g/mol. The molecule has 1 aromatic carbocycles. The van der Waals surface area contributed by atoms with Gasteiger partial charge in [-0.25, -0.2) is 0 Å². The van der Waals surface area contributed by atoms with Crippen molar-refractivity contribution in [1.82, 2.24) is 4.31 Å². The summed E-state index contributed by atoms with van der Waals surface area (Å²) in [6, 6.07) is 5.50. The number of nitrogens with one attached hydrogen (secondary N) is 1. The number of anilines is 1. The SMILES string of the molecule is CC1CCCCN1S(=O)(=O)Nc1ccc(Br)c(I)c1. The Morgan fingerprint density at radius 3 is 2.79 bits per heavy atom. The molecule has 1 atom stereocenters. The van der Waals surface area contributed by atoms with Crippen molar-refractivity contribution >= 4 is 54.4 Å². The minimum Gasteiger partial charge on any atom is -0.271 e. The number of halogens is 2. The molecule has 0 bridgehead atoms. The van der Waals surface area contributed by atoms with E-state index in [2.05, 4.69) is 43.2 Å². The van der Waals surface area contributed by atoms with Gasteiger partial charge in [-0.15, -0.1) is 0 Å². The van der Waals surface area contributed by atoms with Crippen molar-refractivity contribution in [2.75, 3.05) is 11.3 Å². The average Bonchev–Trinajstić information content (AvgIpc) is 2.34. The highest BCUT2D eigenvalue weighted by Gasteiger charge is 2.29. The van der Waals surface area contributed by atoms with E-state index in [9.17, 15) is 8.42 Å². The molecule has 7 heteroatoms. The van der Waals surface area contributed by atoms with Crippen LogP contribution in [0.5, 0.6) is 0 Å². The molecule has 1 aliphatic rings. The Hall–Kier alpha value is 0.140. The van der Waals surface area contributed by atoms with Crippen LogP contribution in [-0.2, 0) is 10.2 Å². The van der Waals surface area contributed by atoms with Crippen molar-refractivity contribution in [3.05, 3.63) is 26.2 Å². The Kier molecular flexibility index (Phi) is 5.13. The van der Waals surface area contributed by atoms with Crippen LogP contribution in [0.15, 0.2) is 22.7 Å². The van der Waals surface area contributed by atoms with Gasteiger partial charge in [-0.05, 0) is 76.5 Å². The van der Waals surface area contributed by atoms with Crippen LogP contribution < -0.4 is 4.72 Å². The maximum Gasteiger partial charge on any atom is 0.301 e. The zero-order valence-electron chi connectivity index (χ0n) is 10.6. The van der Waals surface area contributed by atoms with Gasteiger partial charge in [-0.2, -0.15) is 12.7 Å². The standard InChI is InChI=1S/C12H16BrIN2O2S/c1-9-4-2-3-7-16(9)19(17,18)15-10-5-6-11(13)12(14)8-10/h5-6,8-9,15H,2-4,7H2,1H3. The predicted octanol–water partition coefficient (Wildman–Crippen LogP) is 3.58. The summed E-state index contributed by atoms with van der Waals surface area (Å²) in [6.45, 7) is 2.56. The Bertz CT molecular complexity index is 565. The molecule has 19 heavy (non-hydrogen) atoms. The second-order valence-electron chi connectivity index (χ2n) is 4.69. The first-order valence-electron chi connectivity index (χ1n) is 6.15. The van der Waals surface area contributed by atoms with Crippen LogP contribution in [0, 0.1) is 3.57 Å². The maximum atomic E-state index is 12.4. The normalized spacial score (nSPS) is 21.3. The van der Waals surface area contributed by atoms with Crippen molar-refractivity contribution in [2.45, 2.75) is 32.2 Å². The zero-order chi connectivity index (χ0) is 14.0. The van der Waals surface area contributed by atoms with E-state index in [4.69, 9.17) is 0 Å². The molecule has 0 aromatic heterocycles. The van der Waals surface area contributed by atoms with Gasteiger partial charge in [0.25, 0.3) is 0 Å². The number of piperidine rings is 1. The first-order chi connectivity index (χ1) is 8.90. The van der Waals surface area contributed by atoms with E-state index >= 15 is 0 Å². The van der Waals surface area contributed by atoms with Crippen molar-refractivity contribution in [3.8, 4) is 0 Å². The predicted molar refractivity (Wildman–Crippen MR) is 89.4 cm³/mol. The second-order valence-corrected chi connectivity index (χ2v) is 8.33. The highest BCUT2D eigenvalue weighted by molar-refractivity contribution is 14.1. The molecule has 1 unspecified atom stereocenters. The molecule has 4 nitrogen and oxygen atoms in total. The van der Waals surface area contributed by atoms with E-state index in [1.54, 1.807) is 10.4 Å². The molecule has 2 rings (SSSR count). The Balaban J connectivity index is 2.18. The van der Waals surface area contributed by atoms with Crippen LogP contribution >= 0.6 is 38.5 Å². The molecule has 0 aliphatic carbocycles. The topological polar surface area (TPSA) is 49.4 Å². The summed E-state index contributed by atoms with van der Waals surface area (Å²) in [5, 5.41) is 0. The summed E-state index contributed by atoms with van der Waals surface area (Å²) in [4.78, 5) is 0. The summed E-state index contributed by atoms with van der Waals surface area (Å²) >= 11 is 5.56. The molecule has 0 radical (unpaired) electrons. The van der Waals surface area contributed by atoms with Gasteiger partial charge in [0.1, 0.15) is 0 Å². The van der Waals surface area contributed by atoms with Gasteiger partial charge in [0.15, 0.2) is 0 Å². The van der Waals surface area contributed by atoms with Crippen LogP contribution in [0.3, 0.4) is 0 Å². The quantitative estimate of drug-likeness (QED) is 0.703. The minimum absolute atomic E-state index is 0.0702. The molecule has 106 valence electrons. The lowest BCUT2D eigenvalue weighted by atomic mass is 10.1. The van der Waals surface area contributed by atoms with Crippen LogP contribution in [0.2, 0.25) is 0 Å². The number of hydrogen-bond acceptors (Lipinski definition) is 2. The fourth-order valence-electron chi connectivity index (χ4n) is 2.20. The lowest BCUT2D eigenvalue weighted by Gasteiger charge is -2.32. The van der Waals surface area contributed by atoms with Gasteiger partial charge >= 0.3 is 10.2 Å². The molecule has 0 saturated carbocycles. The van der Waals surface area contributed by atoms with E-state index in [1.165, 1.54) is 0 Å². The Morgan fingerprint density at radius 2 is 2.16 bits per heavy atom. The molecule has 1 saturated heterocycles. The fourth-order valence-corrected chi connectivity index (χ4v) is 4.45. The van der Waals surface area contributed by atoms with Crippen LogP contribution in [0.4, 0.5) is 5.69 Å².